The molecular weight excluding hydrogens is 447 g/mol. The molecule has 0 aliphatic carbocycles. The van der Waals surface area contributed by atoms with Gasteiger partial charge in [0, 0.05) is 20.2 Å². The number of halogens is 1. The van der Waals surface area contributed by atoms with E-state index in [0.29, 0.717) is 24.8 Å². The maximum absolute atomic E-state index is 13.1. The number of amidine groups is 1. The molecule has 10 nitrogen and oxygen atoms in total. The smallest absolute Gasteiger partial charge is 0.410 e. The summed E-state index contributed by atoms with van der Waals surface area (Å²) in [5.41, 5.74) is -0.171. The van der Waals surface area contributed by atoms with Crippen molar-refractivity contribution >= 4 is 29.5 Å². The van der Waals surface area contributed by atoms with E-state index < -0.39 is 47.2 Å². The number of Topliss-reactive ketones (excluding diaryl/α,β-unsaturated/α-hetero) is 1. The maximum atomic E-state index is 13.1. The van der Waals surface area contributed by atoms with Crippen LogP contribution in [0.1, 0.15) is 45.6 Å². The number of rotatable bonds is 9. The SMILES string of the molecule is CN(C(=O)OC(C)(C)C)C(CCCCO)C1=NC(C(=O)NCc2ccc(F)cc2)C(=O)C(=O)N1. The van der Waals surface area contributed by atoms with Crippen molar-refractivity contribution in [2.45, 2.75) is 64.3 Å². The average molecular weight is 479 g/mol. The molecule has 0 radical (unpaired) electrons. The molecule has 2 atom stereocenters. The zero-order chi connectivity index (χ0) is 25.5. The molecule has 1 aliphatic heterocycles. The van der Waals surface area contributed by atoms with E-state index in [0.717, 1.165) is 0 Å². The molecule has 1 aromatic rings. The van der Waals surface area contributed by atoms with Crippen molar-refractivity contribution in [2.75, 3.05) is 13.7 Å². The summed E-state index contributed by atoms with van der Waals surface area (Å²) in [4.78, 5) is 55.5. The summed E-state index contributed by atoms with van der Waals surface area (Å²) in [6.45, 7) is 5.07. The number of unbranched alkanes of at least 4 members (excludes halogenated alkanes) is 1. The van der Waals surface area contributed by atoms with E-state index in [4.69, 9.17) is 9.84 Å². The first-order chi connectivity index (χ1) is 15.9. The molecule has 1 aliphatic rings. The number of ketones is 1. The van der Waals surface area contributed by atoms with Gasteiger partial charge in [-0.15, -0.1) is 0 Å². The third-order valence-electron chi connectivity index (χ3n) is 4.96. The van der Waals surface area contributed by atoms with Gasteiger partial charge in [-0.1, -0.05) is 12.1 Å². The Morgan fingerprint density at radius 2 is 1.88 bits per heavy atom. The lowest BCUT2D eigenvalue weighted by Gasteiger charge is -2.33. The molecule has 186 valence electrons. The summed E-state index contributed by atoms with van der Waals surface area (Å²) in [7, 11) is 1.46. The van der Waals surface area contributed by atoms with E-state index in [1.807, 2.05) is 0 Å². The first-order valence-corrected chi connectivity index (χ1v) is 10.9. The Hall–Kier alpha value is -3.34. The summed E-state index contributed by atoms with van der Waals surface area (Å²) < 4.78 is 18.5. The zero-order valence-corrected chi connectivity index (χ0v) is 19.8. The number of carbonyl (C=O) groups excluding carboxylic acids is 4. The highest BCUT2D eigenvalue weighted by atomic mass is 19.1. The number of likely N-dealkylation sites (N-methyl/N-ethyl adjacent to an activating group) is 1. The second kappa shape index (κ2) is 11.7. The molecule has 2 unspecified atom stereocenters. The Morgan fingerprint density at radius 3 is 2.47 bits per heavy atom. The Bertz CT molecular complexity index is 942. The molecule has 0 spiro atoms. The molecule has 1 heterocycles. The van der Waals surface area contributed by atoms with Crippen LogP contribution < -0.4 is 10.6 Å². The van der Waals surface area contributed by atoms with Crippen LogP contribution in [-0.2, 0) is 25.7 Å². The van der Waals surface area contributed by atoms with E-state index in [1.165, 1.54) is 36.2 Å². The van der Waals surface area contributed by atoms with E-state index in [2.05, 4.69) is 15.6 Å². The Balaban J connectivity index is 2.25. The lowest BCUT2D eigenvalue weighted by molar-refractivity contribution is -0.141. The lowest BCUT2D eigenvalue weighted by atomic mass is 10.0. The van der Waals surface area contributed by atoms with Gasteiger partial charge >= 0.3 is 6.09 Å². The van der Waals surface area contributed by atoms with Crippen LogP contribution in [0.3, 0.4) is 0 Å². The molecule has 0 saturated carbocycles. The van der Waals surface area contributed by atoms with Gasteiger partial charge in [0.15, 0.2) is 6.04 Å². The van der Waals surface area contributed by atoms with Gasteiger partial charge in [-0.25, -0.2) is 14.2 Å². The van der Waals surface area contributed by atoms with Crippen LogP contribution >= 0.6 is 0 Å². The molecule has 3 N–H and O–H groups in total. The molecule has 2 rings (SSSR count). The summed E-state index contributed by atoms with van der Waals surface area (Å²) in [6, 6.07) is 3.00. The quantitative estimate of drug-likeness (QED) is 0.278. The highest BCUT2D eigenvalue weighted by Crippen LogP contribution is 2.17. The minimum Gasteiger partial charge on any atom is -0.444 e. The van der Waals surface area contributed by atoms with Crippen LogP contribution in [0.5, 0.6) is 0 Å². The molecule has 0 bridgehead atoms. The molecule has 3 amide bonds. The van der Waals surface area contributed by atoms with Crippen molar-refractivity contribution in [1.82, 2.24) is 15.5 Å². The third kappa shape index (κ3) is 7.62. The van der Waals surface area contributed by atoms with Crippen LogP contribution in [0.15, 0.2) is 29.3 Å². The van der Waals surface area contributed by atoms with E-state index >= 15 is 0 Å². The van der Waals surface area contributed by atoms with Crippen molar-refractivity contribution in [1.29, 1.82) is 0 Å². The van der Waals surface area contributed by atoms with Gasteiger partial charge in [-0.3, -0.25) is 14.4 Å². The topological polar surface area (TPSA) is 137 Å². The van der Waals surface area contributed by atoms with E-state index in [-0.39, 0.29) is 19.0 Å². The largest absolute Gasteiger partial charge is 0.444 e. The number of aliphatic hydroxyl groups is 1. The van der Waals surface area contributed by atoms with Crippen molar-refractivity contribution in [3.05, 3.63) is 35.6 Å². The number of aliphatic hydroxyl groups excluding tert-OH is 1. The zero-order valence-electron chi connectivity index (χ0n) is 19.8. The molecule has 34 heavy (non-hydrogen) atoms. The van der Waals surface area contributed by atoms with Gasteiger partial charge in [0.1, 0.15) is 17.3 Å². The van der Waals surface area contributed by atoms with Crippen LogP contribution in [0.2, 0.25) is 0 Å². The molecule has 11 heteroatoms. The summed E-state index contributed by atoms with van der Waals surface area (Å²) in [5.74, 6) is -3.29. The van der Waals surface area contributed by atoms with Gasteiger partial charge in [0.25, 0.3) is 17.6 Å². The lowest BCUT2D eigenvalue weighted by Crippen LogP contribution is -2.58. The van der Waals surface area contributed by atoms with Gasteiger partial charge in [0.2, 0.25) is 0 Å². The normalized spacial score (nSPS) is 16.9. The number of aliphatic imine (C=N–C) groups is 1. The molecule has 0 fully saturated rings. The minimum atomic E-state index is -1.63. The van der Waals surface area contributed by atoms with Gasteiger partial charge in [-0.05, 0) is 57.7 Å². The van der Waals surface area contributed by atoms with E-state index in [9.17, 15) is 23.6 Å². The number of nitrogens with one attached hydrogen (secondary N) is 2. The van der Waals surface area contributed by atoms with Crippen molar-refractivity contribution in [3.63, 3.8) is 0 Å². The average Bonchev–Trinajstić information content (AvgIpc) is 2.76. The molecule has 0 aromatic heterocycles. The van der Waals surface area contributed by atoms with Crippen LogP contribution in [0, 0.1) is 5.82 Å². The number of ether oxygens (including phenoxy) is 1. The predicted octanol–water partition coefficient (Wildman–Crippen LogP) is 1.31. The Morgan fingerprint density at radius 1 is 1.24 bits per heavy atom. The van der Waals surface area contributed by atoms with Crippen LogP contribution in [0.4, 0.5) is 9.18 Å². The number of benzene rings is 1. The van der Waals surface area contributed by atoms with Crippen LogP contribution in [0.25, 0.3) is 0 Å². The van der Waals surface area contributed by atoms with Crippen molar-refractivity contribution in [2.24, 2.45) is 4.99 Å². The molecule has 1 aromatic carbocycles. The van der Waals surface area contributed by atoms with Crippen molar-refractivity contribution in [3.8, 4) is 0 Å². The highest BCUT2D eigenvalue weighted by Gasteiger charge is 2.39. The van der Waals surface area contributed by atoms with Crippen molar-refractivity contribution < 1.29 is 33.4 Å². The number of hydrogen-bond acceptors (Lipinski definition) is 7. The summed E-state index contributed by atoms with van der Waals surface area (Å²) in [5, 5.41) is 14.0. The predicted molar refractivity (Wildman–Crippen MR) is 121 cm³/mol. The molecule has 0 saturated heterocycles. The fourth-order valence-electron chi connectivity index (χ4n) is 3.19. The number of carbonyl (C=O) groups is 4. The van der Waals surface area contributed by atoms with Gasteiger partial charge in [0.05, 0.1) is 6.04 Å². The molecular formula is C23H31FN4O6. The minimum absolute atomic E-state index is 0.00705. The number of hydrogen-bond donors (Lipinski definition) is 3. The third-order valence-corrected chi connectivity index (χ3v) is 4.96. The fraction of sp³-hybridized carbons (Fsp3) is 0.522. The number of nitrogens with zero attached hydrogens (tertiary/aromatic N) is 2. The summed E-state index contributed by atoms with van der Waals surface area (Å²) >= 11 is 0. The Kier molecular flexibility index (Phi) is 9.25. The first kappa shape index (κ1) is 26.9. The maximum Gasteiger partial charge on any atom is 0.410 e. The standard InChI is InChI=1S/C23H31FN4O6/c1-23(2,3)34-22(33)28(4)16(7-5-6-12-29)19-26-17(18(30)21(32)27-19)20(31)25-13-14-8-10-15(24)11-9-14/h8-11,16-17,29H,5-7,12-13H2,1-4H3,(H,25,31)(H,26,27,32). The fourth-order valence-corrected chi connectivity index (χ4v) is 3.19. The Labute approximate surface area is 197 Å². The van der Waals surface area contributed by atoms with Gasteiger partial charge in [-0.2, -0.15) is 0 Å². The second-order valence-electron chi connectivity index (χ2n) is 8.91. The van der Waals surface area contributed by atoms with E-state index in [1.54, 1.807) is 20.8 Å². The highest BCUT2D eigenvalue weighted by molar-refractivity contribution is 6.46. The monoisotopic (exact) mass is 478 g/mol. The second-order valence-corrected chi connectivity index (χ2v) is 8.91. The van der Waals surface area contributed by atoms with Gasteiger partial charge < -0.3 is 25.4 Å². The first-order valence-electron chi connectivity index (χ1n) is 10.9. The van der Waals surface area contributed by atoms with Crippen LogP contribution in [-0.4, -0.2) is 70.9 Å². The summed E-state index contributed by atoms with van der Waals surface area (Å²) in [6.07, 6.45) is 0.555. The number of amides is 3.